The van der Waals surface area contributed by atoms with Crippen LogP contribution in [0, 0.1) is 6.92 Å². The molecule has 0 unspecified atom stereocenters. The van der Waals surface area contributed by atoms with E-state index in [4.69, 9.17) is 21.1 Å². The molecule has 3 heteroatoms. The van der Waals surface area contributed by atoms with Crippen LogP contribution in [0.3, 0.4) is 0 Å². The Kier molecular flexibility index (Phi) is 3.23. The van der Waals surface area contributed by atoms with Gasteiger partial charge in [0.05, 0.1) is 18.7 Å². The Hall–Kier alpha value is -0.890. The fourth-order valence-electron chi connectivity index (χ4n) is 0.836. The molecule has 0 aromatic heterocycles. The Bertz CT molecular complexity index is 261. The smallest absolute Gasteiger partial charge is 0.138 e. The molecule has 1 rings (SSSR count). The number of rotatable bonds is 3. The highest BCUT2D eigenvalue weighted by atomic mass is 35.5. The Morgan fingerprint density at radius 3 is 2.75 bits per heavy atom. The molecule has 0 aliphatic carbocycles. The summed E-state index contributed by atoms with van der Waals surface area (Å²) in [7, 11) is 1.59. The largest absolute Gasteiger partial charge is 0.497 e. The van der Waals surface area contributed by atoms with Crippen molar-refractivity contribution < 1.29 is 9.47 Å². The number of hydrogen-bond acceptors (Lipinski definition) is 2. The predicted octanol–water partition coefficient (Wildman–Crippen LogP) is 2.56. The molecule has 1 aromatic carbocycles. The van der Waals surface area contributed by atoms with Gasteiger partial charge in [-0.2, -0.15) is 0 Å². The molecule has 65 valence electrons. The lowest BCUT2D eigenvalue weighted by Crippen LogP contribution is -1.92. The van der Waals surface area contributed by atoms with Gasteiger partial charge in [0.2, 0.25) is 0 Å². The zero-order valence-corrected chi connectivity index (χ0v) is 7.60. The molecule has 0 N–H and O–H groups in total. The van der Waals surface area contributed by atoms with Crippen LogP contribution in [-0.4, -0.2) is 13.7 Å². The third-order valence-corrected chi connectivity index (χ3v) is 1.69. The van der Waals surface area contributed by atoms with E-state index < -0.39 is 0 Å². The van der Waals surface area contributed by atoms with Gasteiger partial charge in [0.1, 0.15) is 11.5 Å². The van der Waals surface area contributed by atoms with Gasteiger partial charge in [-0.05, 0) is 19.1 Å². The summed E-state index contributed by atoms with van der Waals surface area (Å²) in [5.41, 5.74) is 0. The number of halogens is 1. The van der Waals surface area contributed by atoms with Crippen molar-refractivity contribution in [2.75, 3.05) is 13.7 Å². The van der Waals surface area contributed by atoms with Crippen molar-refractivity contribution in [3.05, 3.63) is 30.1 Å². The summed E-state index contributed by atoms with van der Waals surface area (Å²) in [5, 5.41) is 0.540. The van der Waals surface area contributed by atoms with E-state index in [-0.39, 0.29) is 0 Å². The van der Waals surface area contributed by atoms with Crippen molar-refractivity contribution in [1.82, 2.24) is 0 Å². The quantitative estimate of drug-likeness (QED) is 0.721. The van der Waals surface area contributed by atoms with Crippen LogP contribution in [0.4, 0.5) is 0 Å². The second-order valence-corrected chi connectivity index (χ2v) is 2.55. The van der Waals surface area contributed by atoms with Crippen LogP contribution in [-0.2, 0) is 0 Å². The van der Waals surface area contributed by atoms with Crippen molar-refractivity contribution in [2.24, 2.45) is 0 Å². The minimum Gasteiger partial charge on any atom is -0.497 e. The average Bonchev–Trinajstić information content (AvgIpc) is 2.09. The van der Waals surface area contributed by atoms with Gasteiger partial charge in [0, 0.05) is 6.07 Å². The maximum absolute atomic E-state index is 5.85. The minimum atomic E-state index is 0.367. The monoisotopic (exact) mass is 185 g/mol. The summed E-state index contributed by atoms with van der Waals surface area (Å²) in [6, 6.07) is 5.25. The van der Waals surface area contributed by atoms with E-state index in [9.17, 15) is 0 Å². The van der Waals surface area contributed by atoms with Crippen molar-refractivity contribution in [3.8, 4) is 11.5 Å². The van der Waals surface area contributed by atoms with Crippen molar-refractivity contribution in [3.63, 3.8) is 0 Å². The van der Waals surface area contributed by atoms with E-state index in [1.807, 2.05) is 0 Å². The fraction of sp³-hybridized carbons (Fsp3) is 0.222. The Morgan fingerprint density at radius 1 is 1.50 bits per heavy atom. The van der Waals surface area contributed by atoms with Crippen LogP contribution in [0.15, 0.2) is 18.2 Å². The number of methoxy groups -OCH3 is 1. The zero-order valence-electron chi connectivity index (χ0n) is 6.84. The van der Waals surface area contributed by atoms with Crippen LogP contribution in [0.25, 0.3) is 0 Å². The molecule has 0 spiro atoms. The molecule has 0 saturated heterocycles. The van der Waals surface area contributed by atoms with Gasteiger partial charge in [-0.3, -0.25) is 0 Å². The first kappa shape index (κ1) is 9.20. The highest BCUT2D eigenvalue weighted by Gasteiger charge is 2.01. The van der Waals surface area contributed by atoms with Crippen LogP contribution < -0.4 is 9.47 Å². The van der Waals surface area contributed by atoms with E-state index in [0.717, 1.165) is 5.75 Å². The molecule has 0 amide bonds. The lowest BCUT2D eigenvalue weighted by atomic mass is 10.3. The van der Waals surface area contributed by atoms with Gasteiger partial charge >= 0.3 is 0 Å². The molecule has 1 radical (unpaired) electrons. The average molecular weight is 186 g/mol. The molecule has 12 heavy (non-hydrogen) atoms. The Morgan fingerprint density at radius 2 is 2.25 bits per heavy atom. The standard InChI is InChI=1S/C9H10ClO2/c1-3-12-9-5-4-7(11-2)6-8(9)10/h4-6H,1,3H2,2H3. The van der Waals surface area contributed by atoms with Gasteiger partial charge in [0.25, 0.3) is 0 Å². The molecule has 0 aliphatic rings. The number of ether oxygens (including phenoxy) is 2. The van der Waals surface area contributed by atoms with Crippen LogP contribution in [0.5, 0.6) is 11.5 Å². The van der Waals surface area contributed by atoms with E-state index >= 15 is 0 Å². The number of hydrogen-bond donors (Lipinski definition) is 0. The third kappa shape index (κ3) is 2.05. The summed E-state index contributed by atoms with van der Waals surface area (Å²) in [6.07, 6.45) is 0. The van der Waals surface area contributed by atoms with Gasteiger partial charge in [-0.1, -0.05) is 11.6 Å². The first-order valence-electron chi connectivity index (χ1n) is 3.53. The minimum absolute atomic E-state index is 0.367. The van der Waals surface area contributed by atoms with Gasteiger partial charge in [-0.25, -0.2) is 0 Å². The maximum Gasteiger partial charge on any atom is 0.138 e. The van der Waals surface area contributed by atoms with Gasteiger partial charge in [-0.15, -0.1) is 0 Å². The lowest BCUT2D eigenvalue weighted by Gasteiger charge is -2.06. The topological polar surface area (TPSA) is 18.5 Å². The molecule has 0 heterocycles. The first-order valence-corrected chi connectivity index (χ1v) is 3.91. The number of benzene rings is 1. The fourth-order valence-corrected chi connectivity index (χ4v) is 1.06. The van der Waals surface area contributed by atoms with Crippen LogP contribution >= 0.6 is 11.6 Å². The van der Waals surface area contributed by atoms with Crippen molar-refractivity contribution >= 4 is 11.6 Å². The Balaban J connectivity index is 2.87. The molecule has 2 nitrogen and oxygen atoms in total. The van der Waals surface area contributed by atoms with Crippen molar-refractivity contribution in [2.45, 2.75) is 0 Å². The highest BCUT2D eigenvalue weighted by Crippen LogP contribution is 2.28. The molecular weight excluding hydrogens is 176 g/mol. The van der Waals surface area contributed by atoms with E-state index in [0.29, 0.717) is 17.4 Å². The molecule has 0 bridgehead atoms. The molecule has 0 atom stereocenters. The molecule has 0 aliphatic heterocycles. The third-order valence-electron chi connectivity index (χ3n) is 1.40. The summed E-state index contributed by atoms with van der Waals surface area (Å²) in [6.45, 7) is 3.92. The SMILES string of the molecule is [CH2]COc1ccc(OC)cc1Cl. The van der Waals surface area contributed by atoms with Crippen molar-refractivity contribution in [1.29, 1.82) is 0 Å². The maximum atomic E-state index is 5.85. The summed E-state index contributed by atoms with van der Waals surface area (Å²) < 4.78 is 10.1. The lowest BCUT2D eigenvalue weighted by molar-refractivity contribution is 0.359. The van der Waals surface area contributed by atoms with E-state index in [1.165, 1.54) is 0 Å². The molecular formula is C9H10ClO2. The second-order valence-electron chi connectivity index (χ2n) is 2.14. The highest BCUT2D eigenvalue weighted by molar-refractivity contribution is 6.32. The normalized spacial score (nSPS) is 9.58. The molecule has 0 saturated carbocycles. The van der Waals surface area contributed by atoms with Crippen LogP contribution in [0.2, 0.25) is 5.02 Å². The van der Waals surface area contributed by atoms with Crippen LogP contribution in [0.1, 0.15) is 0 Å². The molecule has 0 fully saturated rings. The summed E-state index contributed by atoms with van der Waals surface area (Å²) in [4.78, 5) is 0. The van der Waals surface area contributed by atoms with Gasteiger partial charge in [0.15, 0.2) is 0 Å². The Labute approximate surface area is 77.1 Å². The van der Waals surface area contributed by atoms with Gasteiger partial charge < -0.3 is 9.47 Å². The molecule has 1 aromatic rings. The first-order chi connectivity index (χ1) is 5.77. The predicted molar refractivity (Wildman–Crippen MR) is 48.9 cm³/mol. The van der Waals surface area contributed by atoms with E-state index in [2.05, 4.69) is 6.92 Å². The van der Waals surface area contributed by atoms with E-state index in [1.54, 1.807) is 25.3 Å². The summed E-state index contributed by atoms with van der Waals surface area (Å²) in [5.74, 6) is 1.35. The second kappa shape index (κ2) is 4.21. The zero-order chi connectivity index (χ0) is 8.97. The summed E-state index contributed by atoms with van der Waals surface area (Å²) >= 11 is 5.85.